The molecule has 2 rings (SSSR count). The molecular formula is C16H20ClN3O2. The molecule has 0 bridgehead atoms. The van der Waals surface area contributed by atoms with E-state index in [4.69, 9.17) is 16.3 Å². The molecule has 0 saturated carbocycles. The van der Waals surface area contributed by atoms with Crippen molar-refractivity contribution in [2.75, 3.05) is 27.7 Å². The van der Waals surface area contributed by atoms with Gasteiger partial charge in [0.25, 0.3) is 5.91 Å². The molecule has 1 unspecified atom stereocenters. The maximum atomic E-state index is 12.1. The number of nitrogens with one attached hydrogen (secondary N) is 2. The fraction of sp³-hybridized carbons (Fsp3) is 0.312. The number of likely N-dealkylation sites (N-methyl/N-ethyl adjacent to an activating group) is 1. The Morgan fingerprint density at radius 1 is 1.41 bits per heavy atom. The number of benzene rings is 1. The molecule has 0 saturated heterocycles. The first kappa shape index (κ1) is 16.4. The summed E-state index contributed by atoms with van der Waals surface area (Å²) in [5.74, 6) is 0.618. The highest BCUT2D eigenvalue weighted by Crippen LogP contribution is 2.27. The van der Waals surface area contributed by atoms with E-state index in [0.29, 0.717) is 17.3 Å². The van der Waals surface area contributed by atoms with Crippen LogP contribution in [0.2, 0.25) is 5.02 Å². The maximum Gasteiger partial charge on any atom is 0.267 e. The van der Waals surface area contributed by atoms with Crippen molar-refractivity contribution < 1.29 is 9.53 Å². The minimum Gasteiger partial charge on any atom is -0.496 e. The van der Waals surface area contributed by atoms with Crippen molar-refractivity contribution in [3.8, 4) is 5.75 Å². The molecule has 1 aromatic carbocycles. The van der Waals surface area contributed by atoms with Crippen molar-refractivity contribution in [2.45, 2.75) is 6.04 Å². The topological polar surface area (TPSA) is 57.4 Å². The van der Waals surface area contributed by atoms with Gasteiger partial charge in [-0.2, -0.15) is 0 Å². The highest BCUT2D eigenvalue weighted by Gasteiger charge is 2.19. The van der Waals surface area contributed by atoms with Crippen molar-refractivity contribution in [1.82, 2.24) is 15.2 Å². The molecule has 2 N–H and O–H groups in total. The first-order chi connectivity index (χ1) is 10.5. The van der Waals surface area contributed by atoms with Crippen molar-refractivity contribution in [2.24, 2.45) is 0 Å². The van der Waals surface area contributed by atoms with Gasteiger partial charge in [-0.05, 0) is 26.2 Å². The van der Waals surface area contributed by atoms with Crippen molar-refractivity contribution >= 4 is 17.5 Å². The highest BCUT2D eigenvalue weighted by atomic mass is 35.5. The number of H-pyrrole nitrogens is 1. The number of carbonyl (C=O) groups excluding carboxylic acids is 1. The second-order valence-electron chi connectivity index (χ2n) is 5.16. The number of aromatic nitrogens is 1. The van der Waals surface area contributed by atoms with E-state index < -0.39 is 0 Å². The minimum atomic E-state index is -0.186. The smallest absolute Gasteiger partial charge is 0.267 e. The van der Waals surface area contributed by atoms with Crippen LogP contribution in [0.25, 0.3) is 0 Å². The number of nitrogens with zero attached hydrogens (tertiary/aromatic N) is 1. The Kier molecular flexibility index (Phi) is 5.46. The average molecular weight is 322 g/mol. The molecule has 1 heterocycles. The number of rotatable bonds is 6. The van der Waals surface area contributed by atoms with Gasteiger partial charge < -0.3 is 19.9 Å². The fourth-order valence-electron chi connectivity index (χ4n) is 2.30. The third-order valence-electron chi connectivity index (χ3n) is 3.47. The summed E-state index contributed by atoms with van der Waals surface area (Å²) in [7, 11) is 5.58. The molecule has 2 aromatic rings. The molecule has 1 aromatic heterocycles. The van der Waals surface area contributed by atoms with E-state index in [1.54, 1.807) is 19.4 Å². The van der Waals surface area contributed by atoms with Gasteiger partial charge in [0.05, 0.1) is 18.2 Å². The maximum absolute atomic E-state index is 12.1. The summed E-state index contributed by atoms with van der Waals surface area (Å²) in [6.07, 6.45) is 1.58. The summed E-state index contributed by atoms with van der Waals surface area (Å²) < 4.78 is 5.41. The van der Waals surface area contributed by atoms with Gasteiger partial charge >= 0.3 is 0 Å². The van der Waals surface area contributed by atoms with Crippen LogP contribution in [0.4, 0.5) is 0 Å². The Bertz CT molecular complexity index is 640. The standard InChI is InChI=1S/C16H20ClN3O2/c1-20(2)14(12-6-4-5-7-15(12)22-3)10-19-16(21)13-8-11(17)9-18-13/h4-9,14,18H,10H2,1-3H3,(H,19,21). The zero-order chi connectivity index (χ0) is 16.1. The number of methoxy groups -OCH3 is 1. The lowest BCUT2D eigenvalue weighted by molar-refractivity contribution is 0.0937. The monoisotopic (exact) mass is 321 g/mol. The molecule has 0 aliphatic heterocycles. The third kappa shape index (κ3) is 3.81. The Morgan fingerprint density at radius 2 is 2.14 bits per heavy atom. The van der Waals surface area contributed by atoms with Crippen LogP contribution >= 0.6 is 11.6 Å². The van der Waals surface area contributed by atoms with Gasteiger partial charge in [-0.25, -0.2) is 0 Å². The Labute approximate surface area is 135 Å². The molecule has 6 heteroatoms. The van der Waals surface area contributed by atoms with E-state index in [2.05, 4.69) is 10.3 Å². The number of hydrogen-bond donors (Lipinski definition) is 2. The zero-order valence-corrected chi connectivity index (χ0v) is 13.6. The van der Waals surface area contributed by atoms with Gasteiger partial charge in [0.15, 0.2) is 0 Å². The Balaban J connectivity index is 2.11. The van der Waals surface area contributed by atoms with Gasteiger partial charge in [-0.3, -0.25) is 4.79 Å². The first-order valence-corrected chi connectivity index (χ1v) is 7.32. The minimum absolute atomic E-state index is 0.00512. The summed E-state index contributed by atoms with van der Waals surface area (Å²) in [5.41, 5.74) is 1.47. The van der Waals surface area contributed by atoms with Crippen LogP contribution < -0.4 is 10.1 Å². The number of halogens is 1. The molecule has 0 fully saturated rings. The zero-order valence-electron chi connectivity index (χ0n) is 12.9. The van der Waals surface area contributed by atoms with Crippen molar-refractivity contribution in [3.63, 3.8) is 0 Å². The third-order valence-corrected chi connectivity index (χ3v) is 3.69. The predicted octanol–water partition coefficient (Wildman–Crippen LogP) is 2.71. The van der Waals surface area contributed by atoms with Crippen molar-refractivity contribution in [3.05, 3.63) is 52.8 Å². The number of carbonyl (C=O) groups is 1. The number of amides is 1. The lowest BCUT2D eigenvalue weighted by Crippen LogP contribution is -2.34. The van der Waals surface area contributed by atoms with E-state index in [9.17, 15) is 4.79 Å². The molecule has 118 valence electrons. The second-order valence-corrected chi connectivity index (χ2v) is 5.60. The van der Waals surface area contributed by atoms with E-state index in [1.165, 1.54) is 0 Å². The Morgan fingerprint density at radius 3 is 2.73 bits per heavy atom. The molecule has 1 amide bonds. The highest BCUT2D eigenvalue weighted by molar-refractivity contribution is 6.30. The molecule has 22 heavy (non-hydrogen) atoms. The van der Waals surface area contributed by atoms with E-state index >= 15 is 0 Å². The largest absolute Gasteiger partial charge is 0.496 e. The quantitative estimate of drug-likeness (QED) is 0.860. The molecule has 0 aliphatic carbocycles. The molecular weight excluding hydrogens is 302 g/mol. The van der Waals surface area contributed by atoms with Crippen LogP contribution in [0.5, 0.6) is 5.75 Å². The predicted molar refractivity (Wildman–Crippen MR) is 87.6 cm³/mol. The molecule has 0 radical (unpaired) electrons. The summed E-state index contributed by atoms with van der Waals surface area (Å²) in [4.78, 5) is 17.0. The van der Waals surface area contributed by atoms with E-state index in [-0.39, 0.29) is 11.9 Å². The molecule has 0 aliphatic rings. The number of aromatic amines is 1. The van der Waals surface area contributed by atoms with Crippen LogP contribution in [-0.2, 0) is 0 Å². The number of hydrogen-bond acceptors (Lipinski definition) is 3. The summed E-state index contributed by atoms with van der Waals surface area (Å²) in [6, 6.07) is 9.41. The van der Waals surface area contributed by atoms with Crippen LogP contribution in [-0.4, -0.2) is 43.5 Å². The van der Waals surface area contributed by atoms with Crippen LogP contribution in [0, 0.1) is 0 Å². The number of para-hydroxylation sites is 1. The molecule has 1 atom stereocenters. The molecule has 0 spiro atoms. The summed E-state index contributed by atoms with van der Waals surface area (Å²) in [6.45, 7) is 0.461. The SMILES string of the molecule is COc1ccccc1C(CNC(=O)c1cc(Cl)c[nH]1)N(C)C. The summed E-state index contributed by atoms with van der Waals surface area (Å²) >= 11 is 5.82. The van der Waals surface area contributed by atoms with Gasteiger partial charge in [-0.15, -0.1) is 0 Å². The van der Waals surface area contributed by atoms with E-state index in [0.717, 1.165) is 11.3 Å². The number of ether oxygens (including phenoxy) is 1. The second kappa shape index (κ2) is 7.33. The van der Waals surface area contributed by atoms with Gasteiger partial charge in [0, 0.05) is 18.3 Å². The van der Waals surface area contributed by atoms with Crippen LogP contribution in [0.3, 0.4) is 0 Å². The lowest BCUT2D eigenvalue weighted by Gasteiger charge is -2.26. The molecule has 5 nitrogen and oxygen atoms in total. The first-order valence-electron chi connectivity index (χ1n) is 6.94. The lowest BCUT2D eigenvalue weighted by atomic mass is 10.0. The van der Waals surface area contributed by atoms with Gasteiger partial charge in [0.1, 0.15) is 11.4 Å². The van der Waals surface area contributed by atoms with Crippen molar-refractivity contribution in [1.29, 1.82) is 0 Å². The normalized spacial score (nSPS) is 12.2. The Hall–Kier alpha value is -1.98. The average Bonchev–Trinajstić information content (AvgIpc) is 2.94. The summed E-state index contributed by atoms with van der Waals surface area (Å²) in [5, 5.41) is 3.43. The van der Waals surface area contributed by atoms with Gasteiger partial charge in [-0.1, -0.05) is 29.8 Å². The fourth-order valence-corrected chi connectivity index (χ4v) is 2.46. The van der Waals surface area contributed by atoms with Gasteiger partial charge in [0.2, 0.25) is 0 Å². The van der Waals surface area contributed by atoms with Crippen LogP contribution in [0.1, 0.15) is 22.1 Å². The van der Waals surface area contributed by atoms with Crippen LogP contribution in [0.15, 0.2) is 36.5 Å². The van der Waals surface area contributed by atoms with E-state index in [1.807, 2.05) is 43.3 Å².